The zero-order valence-corrected chi connectivity index (χ0v) is 24.4. The highest BCUT2D eigenvalue weighted by Gasteiger charge is 2.28. The zero-order valence-electron chi connectivity index (χ0n) is 22.6. The highest BCUT2D eigenvalue weighted by molar-refractivity contribution is 7.74. The molecule has 3 aromatic rings. The molecule has 2 heteroatoms. The number of benzene rings is 3. The minimum atomic E-state index is -0.410. The molecule has 0 nitrogen and oxygen atoms in total. The molecule has 0 amide bonds. The summed E-state index contributed by atoms with van der Waals surface area (Å²) in [6, 6.07) is 27.1. The van der Waals surface area contributed by atoms with Crippen LogP contribution in [-0.4, -0.2) is 12.0 Å². The zero-order chi connectivity index (χ0) is 25.1. The molecule has 0 N–H and O–H groups in total. The van der Waals surface area contributed by atoms with E-state index in [2.05, 4.69) is 141 Å². The van der Waals surface area contributed by atoms with Gasteiger partial charge in [0.2, 0.25) is 0 Å². The van der Waals surface area contributed by atoms with Crippen LogP contribution in [0.1, 0.15) is 79.0 Å². The van der Waals surface area contributed by atoms with Crippen molar-refractivity contribution < 1.29 is 0 Å². The Labute approximate surface area is 211 Å². The smallest absolute Gasteiger partial charge is 0.00897 e. The van der Waals surface area contributed by atoms with Crippen LogP contribution in [0.4, 0.5) is 0 Å². The maximum atomic E-state index is 2.53. The van der Waals surface area contributed by atoms with Crippen molar-refractivity contribution in [3.05, 3.63) is 89.5 Å². The van der Waals surface area contributed by atoms with Crippen LogP contribution in [0.2, 0.25) is 0 Å². The Bertz CT molecular complexity index is 1030. The van der Waals surface area contributed by atoms with Crippen molar-refractivity contribution in [2.75, 3.05) is 6.16 Å². The molecule has 0 bridgehead atoms. The standard InChI is InChI=1S/C32H42P2/c1-30(2,3)24-22-27(31(4,5)6)29(28(23-24)32(7,8)9)33-20-21-34(25-16-12-10-13-17-25)26-18-14-11-15-19-26/h10-20,22-23H,21H2,1-9H3. The van der Waals surface area contributed by atoms with Gasteiger partial charge in [-0.1, -0.05) is 149 Å². The Balaban J connectivity index is 2.10. The van der Waals surface area contributed by atoms with Crippen molar-refractivity contribution >= 4 is 37.8 Å². The van der Waals surface area contributed by atoms with E-state index in [9.17, 15) is 0 Å². The second-order valence-electron chi connectivity index (χ2n) is 12.3. The third-order valence-corrected chi connectivity index (χ3v) is 10.00. The van der Waals surface area contributed by atoms with Gasteiger partial charge in [0.1, 0.15) is 0 Å². The van der Waals surface area contributed by atoms with Gasteiger partial charge in [-0.3, -0.25) is 0 Å². The van der Waals surface area contributed by atoms with Crippen molar-refractivity contribution in [1.82, 2.24) is 0 Å². The molecular weight excluding hydrogens is 446 g/mol. The van der Waals surface area contributed by atoms with E-state index in [-0.39, 0.29) is 16.2 Å². The van der Waals surface area contributed by atoms with E-state index in [0.29, 0.717) is 0 Å². The Hall–Kier alpha value is -1.74. The van der Waals surface area contributed by atoms with Gasteiger partial charge < -0.3 is 0 Å². The molecule has 34 heavy (non-hydrogen) atoms. The normalized spacial score (nSPS) is 13.1. The summed E-state index contributed by atoms with van der Waals surface area (Å²) in [4.78, 5) is 0. The Morgan fingerprint density at radius 2 is 1.03 bits per heavy atom. The molecule has 0 spiro atoms. The van der Waals surface area contributed by atoms with Gasteiger partial charge in [0, 0.05) is 5.30 Å². The van der Waals surface area contributed by atoms with E-state index < -0.39 is 7.92 Å². The lowest BCUT2D eigenvalue weighted by Gasteiger charge is -2.32. The Kier molecular flexibility index (Phi) is 8.28. The molecule has 0 saturated heterocycles. The highest BCUT2D eigenvalue weighted by atomic mass is 31.1. The molecule has 0 aliphatic rings. The summed E-state index contributed by atoms with van der Waals surface area (Å²) in [6.07, 6.45) is 1.08. The van der Waals surface area contributed by atoms with E-state index >= 15 is 0 Å². The Morgan fingerprint density at radius 3 is 1.38 bits per heavy atom. The van der Waals surface area contributed by atoms with Gasteiger partial charge in [0.05, 0.1) is 0 Å². The molecule has 0 atom stereocenters. The molecule has 0 heterocycles. The summed E-state index contributed by atoms with van der Waals surface area (Å²) in [7, 11) is 0.919. The van der Waals surface area contributed by atoms with Crippen LogP contribution in [0.5, 0.6) is 0 Å². The summed E-state index contributed by atoms with van der Waals surface area (Å²) in [5.74, 6) is 2.53. The van der Waals surface area contributed by atoms with Gasteiger partial charge >= 0.3 is 0 Å². The van der Waals surface area contributed by atoms with Crippen LogP contribution >= 0.6 is 16.1 Å². The lowest BCUT2D eigenvalue weighted by Crippen LogP contribution is -2.29. The predicted octanol–water partition coefficient (Wildman–Crippen LogP) is 8.09. The average molecular weight is 489 g/mol. The monoisotopic (exact) mass is 488 g/mol. The van der Waals surface area contributed by atoms with Crippen molar-refractivity contribution in [3.8, 4) is 0 Å². The molecule has 3 rings (SSSR count). The molecule has 0 aliphatic heterocycles. The SMILES string of the molecule is CC(C)(C)c1cc(C(C)(C)C)c(P=CCP(c2ccccc2)c2ccccc2)c(C(C)(C)C)c1. The first kappa shape index (κ1) is 26.9. The van der Waals surface area contributed by atoms with Crippen LogP contribution in [0.15, 0.2) is 72.8 Å². The maximum Gasteiger partial charge on any atom is 0.00897 e. The molecule has 0 aromatic heterocycles. The van der Waals surface area contributed by atoms with E-state index in [1.165, 1.54) is 40.8 Å². The molecule has 0 radical (unpaired) electrons. The van der Waals surface area contributed by atoms with Crippen LogP contribution in [0.25, 0.3) is 0 Å². The third-order valence-electron chi connectivity index (χ3n) is 6.21. The first-order chi connectivity index (χ1) is 15.8. The van der Waals surface area contributed by atoms with E-state index in [0.717, 1.165) is 6.16 Å². The van der Waals surface area contributed by atoms with Gasteiger partial charge in [-0.05, 0) is 57.6 Å². The largest absolute Gasteiger partial charge is 0.0718 e. The van der Waals surface area contributed by atoms with Gasteiger partial charge in [-0.25, -0.2) is 0 Å². The summed E-state index contributed by atoms with van der Waals surface area (Å²) in [5, 5.41) is 4.40. The first-order valence-corrected chi connectivity index (χ1v) is 14.9. The van der Waals surface area contributed by atoms with E-state index in [4.69, 9.17) is 0 Å². The topological polar surface area (TPSA) is 0 Å². The molecule has 3 aromatic carbocycles. The van der Waals surface area contributed by atoms with Gasteiger partial charge in [-0.15, -0.1) is 0 Å². The summed E-state index contributed by atoms with van der Waals surface area (Å²) in [6.45, 7) is 21.2. The molecule has 0 aliphatic carbocycles. The number of hydrogen-bond donors (Lipinski definition) is 0. The fraction of sp³-hybridized carbons (Fsp3) is 0.406. The van der Waals surface area contributed by atoms with E-state index in [1.54, 1.807) is 0 Å². The van der Waals surface area contributed by atoms with Crippen molar-refractivity contribution in [2.45, 2.75) is 78.6 Å². The molecule has 180 valence electrons. The fourth-order valence-electron chi connectivity index (χ4n) is 4.14. The first-order valence-electron chi connectivity index (χ1n) is 12.4. The predicted molar refractivity (Wildman–Crippen MR) is 159 cm³/mol. The molecule has 0 unspecified atom stereocenters. The number of hydrogen-bond acceptors (Lipinski definition) is 0. The summed E-state index contributed by atoms with van der Waals surface area (Å²) >= 11 is 0. The lowest BCUT2D eigenvalue weighted by molar-refractivity contribution is 0.554. The van der Waals surface area contributed by atoms with Crippen molar-refractivity contribution in [3.63, 3.8) is 0 Å². The second kappa shape index (κ2) is 10.5. The highest BCUT2D eigenvalue weighted by Crippen LogP contribution is 2.36. The quantitative estimate of drug-likeness (QED) is 0.318. The lowest BCUT2D eigenvalue weighted by atomic mass is 9.75. The second-order valence-corrected chi connectivity index (χ2v) is 15.6. The summed E-state index contributed by atoms with van der Waals surface area (Å²) < 4.78 is 0. The fourth-order valence-corrected chi connectivity index (χ4v) is 8.16. The van der Waals surface area contributed by atoms with Crippen molar-refractivity contribution in [1.29, 1.82) is 0 Å². The molecule has 0 saturated carbocycles. The van der Waals surface area contributed by atoms with Crippen LogP contribution in [0.3, 0.4) is 0 Å². The molecule has 0 fully saturated rings. The van der Waals surface area contributed by atoms with Crippen LogP contribution in [0, 0.1) is 0 Å². The van der Waals surface area contributed by atoms with Crippen LogP contribution in [-0.2, 0) is 16.2 Å². The molecular formula is C32H42P2. The maximum absolute atomic E-state index is 2.53. The van der Waals surface area contributed by atoms with Gasteiger partial charge in [-0.2, -0.15) is 0 Å². The minimum absolute atomic E-state index is 0.0982. The third kappa shape index (κ3) is 6.68. The van der Waals surface area contributed by atoms with Gasteiger partial charge in [0.15, 0.2) is 0 Å². The van der Waals surface area contributed by atoms with Crippen LogP contribution < -0.4 is 15.9 Å². The summed E-state index contributed by atoms with van der Waals surface area (Å²) in [5.41, 5.74) is 4.76. The van der Waals surface area contributed by atoms with E-state index in [1.807, 2.05) is 0 Å². The Morgan fingerprint density at radius 1 is 0.618 bits per heavy atom. The van der Waals surface area contributed by atoms with Crippen molar-refractivity contribution in [2.24, 2.45) is 0 Å². The average Bonchev–Trinajstić information content (AvgIpc) is 2.75. The minimum Gasteiger partial charge on any atom is -0.0718 e. The van der Waals surface area contributed by atoms with Gasteiger partial charge in [0.25, 0.3) is 0 Å². The number of rotatable bonds is 5.